The van der Waals surface area contributed by atoms with Crippen molar-refractivity contribution in [3.05, 3.63) is 0 Å². The number of fused-ring (bicyclic) bond motifs is 1. The number of nitrogens with zero attached hydrogens (tertiary/aromatic N) is 1. The summed E-state index contributed by atoms with van der Waals surface area (Å²) in [4.78, 5) is 1.36. The Morgan fingerprint density at radius 2 is 1.71 bits per heavy atom. The van der Waals surface area contributed by atoms with Gasteiger partial charge in [-0.05, 0) is 24.7 Å². The second-order valence-electron chi connectivity index (χ2n) is 4.88. The highest BCUT2D eigenvalue weighted by molar-refractivity contribution is 4.85. The molecule has 2 fully saturated rings. The standard InChI is InChI=1S/C11H19F2N/c1-11(12,13)14-7-6-9-4-2-3-5-10(9)8-14/h9-10H,2-8H2,1H3. The van der Waals surface area contributed by atoms with Crippen molar-refractivity contribution in [1.82, 2.24) is 4.90 Å². The van der Waals surface area contributed by atoms with Crippen molar-refractivity contribution < 1.29 is 8.78 Å². The summed E-state index contributed by atoms with van der Waals surface area (Å²) >= 11 is 0. The van der Waals surface area contributed by atoms with Crippen LogP contribution >= 0.6 is 0 Å². The molecule has 1 heterocycles. The number of likely N-dealkylation sites (tertiary alicyclic amines) is 1. The van der Waals surface area contributed by atoms with E-state index >= 15 is 0 Å². The van der Waals surface area contributed by atoms with Crippen LogP contribution in [0.4, 0.5) is 8.78 Å². The van der Waals surface area contributed by atoms with Crippen LogP contribution < -0.4 is 0 Å². The van der Waals surface area contributed by atoms with Crippen LogP contribution in [0.5, 0.6) is 0 Å². The molecule has 14 heavy (non-hydrogen) atoms. The maximum Gasteiger partial charge on any atom is 0.302 e. The molecular weight excluding hydrogens is 184 g/mol. The Kier molecular flexibility index (Phi) is 2.78. The molecule has 0 radical (unpaired) electrons. The lowest BCUT2D eigenvalue weighted by atomic mass is 9.75. The summed E-state index contributed by atoms with van der Waals surface area (Å²) in [5.41, 5.74) is 0. The summed E-state index contributed by atoms with van der Waals surface area (Å²) in [6, 6.07) is -2.61. The van der Waals surface area contributed by atoms with Crippen molar-refractivity contribution in [1.29, 1.82) is 0 Å². The van der Waals surface area contributed by atoms with Crippen LogP contribution in [-0.4, -0.2) is 24.0 Å². The molecule has 2 rings (SSSR count). The van der Waals surface area contributed by atoms with Gasteiger partial charge in [-0.3, -0.25) is 0 Å². The first kappa shape index (κ1) is 10.3. The Morgan fingerprint density at radius 1 is 1.07 bits per heavy atom. The van der Waals surface area contributed by atoms with Crippen LogP contribution in [0, 0.1) is 11.8 Å². The lowest BCUT2D eigenvalue weighted by molar-refractivity contribution is -0.153. The van der Waals surface area contributed by atoms with Gasteiger partial charge < -0.3 is 0 Å². The Balaban J connectivity index is 1.96. The molecule has 0 aromatic carbocycles. The normalized spacial score (nSPS) is 35.4. The van der Waals surface area contributed by atoms with Crippen molar-refractivity contribution in [2.24, 2.45) is 11.8 Å². The highest BCUT2D eigenvalue weighted by atomic mass is 19.3. The average Bonchev–Trinajstić information content (AvgIpc) is 2.16. The smallest absolute Gasteiger partial charge is 0.245 e. The fraction of sp³-hybridized carbons (Fsp3) is 1.00. The summed E-state index contributed by atoms with van der Waals surface area (Å²) < 4.78 is 26.2. The SMILES string of the molecule is CC(F)(F)N1CCC2CCCCC2C1. The molecule has 1 aliphatic heterocycles. The Hall–Kier alpha value is -0.180. The Morgan fingerprint density at radius 3 is 2.36 bits per heavy atom. The largest absolute Gasteiger partial charge is 0.302 e. The summed E-state index contributed by atoms with van der Waals surface area (Å²) in [5, 5.41) is 0. The molecular formula is C11H19F2N. The van der Waals surface area contributed by atoms with Crippen LogP contribution in [0.15, 0.2) is 0 Å². The monoisotopic (exact) mass is 203 g/mol. The molecule has 0 N–H and O–H groups in total. The molecule has 1 aliphatic carbocycles. The first-order valence-corrected chi connectivity index (χ1v) is 5.70. The molecule has 0 spiro atoms. The van der Waals surface area contributed by atoms with Gasteiger partial charge in [0.25, 0.3) is 0 Å². The van der Waals surface area contributed by atoms with Crippen LogP contribution in [-0.2, 0) is 0 Å². The van der Waals surface area contributed by atoms with Crippen LogP contribution in [0.25, 0.3) is 0 Å². The van der Waals surface area contributed by atoms with E-state index in [0.717, 1.165) is 25.7 Å². The van der Waals surface area contributed by atoms with Gasteiger partial charge in [0.2, 0.25) is 0 Å². The molecule has 2 unspecified atom stereocenters. The molecule has 0 aromatic heterocycles. The highest BCUT2D eigenvalue weighted by Crippen LogP contribution is 2.38. The van der Waals surface area contributed by atoms with Gasteiger partial charge >= 0.3 is 6.05 Å². The zero-order chi connectivity index (χ0) is 10.2. The Bertz CT molecular complexity index is 200. The molecule has 0 aromatic rings. The van der Waals surface area contributed by atoms with Gasteiger partial charge in [0.1, 0.15) is 0 Å². The molecule has 2 aliphatic rings. The third-order valence-electron chi connectivity index (χ3n) is 3.85. The van der Waals surface area contributed by atoms with E-state index in [0.29, 0.717) is 19.0 Å². The Labute approximate surface area is 84.5 Å². The van der Waals surface area contributed by atoms with Crippen LogP contribution in [0.2, 0.25) is 0 Å². The minimum Gasteiger partial charge on any atom is -0.245 e. The van der Waals surface area contributed by atoms with Gasteiger partial charge in [0, 0.05) is 20.0 Å². The number of halogens is 2. The number of piperidine rings is 1. The van der Waals surface area contributed by atoms with E-state index in [1.807, 2.05) is 0 Å². The first-order chi connectivity index (χ1) is 6.57. The van der Waals surface area contributed by atoms with Gasteiger partial charge in [-0.1, -0.05) is 19.3 Å². The first-order valence-electron chi connectivity index (χ1n) is 5.70. The summed E-state index contributed by atoms with van der Waals surface area (Å²) in [7, 11) is 0. The predicted molar refractivity (Wildman–Crippen MR) is 52.3 cm³/mol. The molecule has 82 valence electrons. The van der Waals surface area contributed by atoms with Crippen molar-refractivity contribution in [3.63, 3.8) is 0 Å². The van der Waals surface area contributed by atoms with E-state index in [4.69, 9.17) is 0 Å². The molecule has 1 saturated heterocycles. The lowest BCUT2D eigenvalue weighted by Gasteiger charge is -2.43. The van der Waals surface area contributed by atoms with Crippen molar-refractivity contribution >= 4 is 0 Å². The topological polar surface area (TPSA) is 3.24 Å². The number of rotatable bonds is 1. The molecule has 0 amide bonds. The third-order valence-corrected chi connectivity index (χ3v) is 3.85. The average molecular weight is 203 g/mol. The number of hydrogen-bond acceptors (Lipinski definition) is 1. The van der Waals surface area contributed by atoms with Gasteiger partial charge in [-0.15, -0.1) is 0 Å². The van der Waals surface area contributed by atoms with E-state index in [2.05, 4.69) is 0 Å². The zero-order valence-corrected chi connectivity index (χ0v) is 8.81. The zero-order valence-electron chi connectivity index (χ0n) is 8.81. The second kappa shape index (κ2) is 3.76. The number of hydrogen-bond donors (Lipinski definition) is 0. The quantitative estimate of drug-likeness (QED) is 0.592. The minimum absolute atomic E-state index is 0.545. The second-order valence-corrected chi connectivity index (χ2v) is 4.88. The highest BCUT2D eigenvalue weighted by Gasteiger charge is 2.39. The molecule has 2 atom stereocenters. The molecule has 1 nitrogen and oxygen atoms in total. The van der Waals surface area contributed by atoms with E-state index < -0.39 is 6.05 Å². The van der Waals surface area contributed by atoms with E-state index in [-0.39, 0.29) is 0 Å². The fourth-order valence-corrected chi connectivity index (χ4v) is 2.96. The van der Waals surface area contributed by atoms with Crippen molar-refractivity contribution in [2.75, 3.05) is 13.1 Å². The summed E-state index contributed by atoms with van der Waals surface area (Å²) in [5.74, 6) is 1.28. The third kappa shape index (κ3) is 2.08. The van der Waals surface area contributed by atoms with Gasteiger partial charge in [0.15, 0.2) is 0 Å². The molecule has 0 bridgehead atoms. The van der Waals surface area contributed by atoms with Crippen molar-refractivity contribution in [3.8, 4) is 0 Å². The summed E-state index contributed by atoms with van der Waals surface area (Å²) in [6.45, 7) is 2.23. The predicted octanol–water partition coefficient (Wildman–Crippen LogP) is 3.11. The minimum atomic E-state index is -2.61. The van der Waals surface area contributed by atoms with E-state index in [1.165, 1.54) is 24.2 Å². The summed E-state index contributed by atoms with van der Waals surface area (Å²) in [6.07, 6.45) is 5.97. The lowest BCUT2D eigenvalue weighted by Crippen LogP contribution is -2.49. The molecule has 3 heteroatoms. The van der Waals surface area contributed by atoms with E-state index in [9.17, 15) is 8.78 Å². The van der Waals surface area contributed by atoms with E-state index in [1.54, 1.807) is 0 Å². The maximum absolute atomic E-state index is 13.1. The fourth-order valence-electron chi connectivity index (χ4n) is 2.96. The van der Waals surface area contributed by atoms with Gasteiger partial charge in [0.05, 0.1) is 0 Å². The van der Waals surface area contributed by atoms with Crippen LogP contribution in [0.3, 0.4) is 0 Å². The number of alkyl halides is 2. The van der Waals surface area contributed by atoms with Crippen LogP contribution in [0.1, 0.15) is 39.0 Å². The van der Waals surface area contributed by atoms with Crippen molar-refractivity contribution in [2.45, 2.75) is 45.1 Å². The molecule has 1 saturated carbocycles. The van der Waals surface area contributed by atoms with Gasteiger partial charge in [-0.25, -0.2) is 4.90 Å². The van der Waals surface area contributed by atoms with Gasteiger partial charge in [-0.2, -0.15) is 8.78 Å². The maximum atomic E-state index is 13.1.